The monoisotopic (exact) mass is 495 g/mol. The Morgan fingerprint density at radius 1 is 1.00 bits per heavy atom. The maximum absolute atomic E-state index is 13.1. The molecule has 0 spiro atoms. The molecule has 3 amide bonds. The number of nitrogens with one attached hydrogen (secondary N) is 4. The molecule has 0 fully saturated rings. The van der Waals surface area contributed by atoms with Gasteiger partial charge >= 0.3 is 5.97 Å². The quantitative estimate of drug-likeness (QED) is 0.150. The number of carbonyl (C=O) groups excluding carboxylic acids is 3. The van der Waals surface area contributed by atoms with Crippen LogP contribution < -0.4 is 27.4 Å². The van der Waals surface area contributed by atoms with Gasteiger partial charge in [-0.15, -0.1) is 0 Å². The number of hydrogen-bond donors (Lipinski definition) is 7. The van der Waals surface area contributed by atoms with Crippen molar-refractivity contribution in [2.75, 3.05) is 6.54 Å². The van der Waals surface area contributed by atoms with Gasteiger partial charge in [-0.3, -0.25) is 14.4 Å². The summed E-state index contributed by atoms with van der Waals surface area (Å²) in [6.07, 6.45) is 5.03. The third kappa shape index (κ3) is 10.9. The van der Waals surface area contributed by atoms with Crippen molar-refractivity contribution in [3.05, 3.63) is 18.2 Å². The minimum Gasteiger partial charge on any atom is -0.480 e. The fourth-order valence-corrected chi connectivity index (χ4v) is 3.51. The summed E-state index contributed by atoms with van der Waals surface area (Å²) >= 11 is 0. The number of rotatable bonds is 16. The van der Waals surface area contributed by atoms with Crippen molar-refractivity contribution >= 4 is 23.7 Å². The van der Waals surface area contributed by atoms with Crippen LogP contribution >= 0.6 is 0 Å². The second kappa shape index (κ2) is 15.1. The van der Waals surface area contributed by atoms with Crippen molar-refractivity contribution in [2.24, 2.45) is 23.3 Å². The van der Waals surface area contributed by atoms with E-state index in [9.17, 15) is 24.3 Å². The summed E-state index contributed by atoms with van der Waals surface area (Å²) in [5.41, 5.74) is 12.1. The highest BCUT2D eigenvalue weighted by atomic mass is 16.4. The standard InChI is InChI=1S/C23H41N7O5/c1-13(2)9-18(29-20(31)16(25)10-15-11-26-12-27-15)21(32)30-19(14(3)4)22(33)28-17(23(34)35)7-5-6-8-24/h11-14,16-19H,5-10,24-25H2,1-4H3,(H,26,27)(H,28,33)(H,29,31)(H,30,32)(H,34,35). The zero-order valence-corrected chi connectivity index (χ0v) is 21.0. The van der Waals surface area contributed by atoms with Crippen LogP contribution in [0.4, 0.5) is 0 Å². The van der Waals surface area contributed by atoms with Crippen LogP contribution in [0.2, 0.25) is 0 Å². The molecule has 0 bridgehead atoms. The molecule has 0 aliphatic heterocycles. The van der Waals surface area contributed by atoms with Crippen molar-refractivity contribution in [1.29, 1.82) is 0 Å². The second-order valence-electron chi connectivity index (χ2n) is 9.49. The molecule has 0 aliphatic rings. The number of hydrogen-bond acceptors (Lipinski definition) is 7. The Bertz CT molecular complexity index is 813. The lowest BCUT2D eigenvalue weighted by atomic mass is 9.99. The van der Waals surface area contributed by atoms with Gasteiger partial charge in [0.1, 0.15) is 18.1 Å². The summed E-state index contributed by atoms with van der Waals surface area (Å²) in [6, 6.07) is -3.88. The highest BCUT2D eigenvalue weighted by molar-refractivity contribution is 5.94. The lowest BCUT2D eigenvalue weighted by Crippen LogP contribution is -2.58. The van der Waals surface area contributed by atoms with Gasteiger partial charge in [0.25, 0.3) is 0 Å². The average Bonchev–Trinajstić information content (AvgIpc) is 3.28. The van der Waals surface area contributed by atoms with Crippen molar-refractivity contribution in [1.82, 2.24) is 25.9 Å². The number of aliphatic carboxylic acids is 1. The van der Waals surface area contributed by atoms with Gasteiger partial charge in [-0.25, -0.2) is 9.78 Å². The molecule has 1 heterocycles. The number of H-pyrrole nitrogens is 1. The van der Waals surface area contributed by atoms with Crippen molar-refractivity contribution in [3.63, 3.8) is 0 Å². The van der Waals surface area contributed by atoms with Crippen LogP contribution in [-0.4, -0.2) is 69.5 Å². The van der Waals surface area contributed by atoms with E-state index in [4.69, 9.17) is 11.5 Å². The molecular formula is C23H41N7O5. The molecule has 0 radical (unpaired) electrons. The Balaban J connectivity index is 2.87. The number of nitrogens with two attached hydrogens (primary N) is 2. The van der Waals surface area contributed by atoms with Crippen LogP contribution in [0.5, 0.6) is 0 Å². The minimum absolute atomic E-state index is 0.0696. The Morgan fingerprint density at radius 2 is 1.66 bits per heavy atom. The molecule has 1 aromatic heterocycles. The van der Waals surface area contributed by atoms with Crippen LogP contribution in [0.3, 0.4) is 0 Å². The summed E-state index contributed by atoms with van der Waals surface area (Å²) in [7, 11) is 0. The van der Waals surface area contributed by atoms with Crippen molar-refractivity contribution in [2.45, 2.75) is 84.0 Å². The zero-order chi connectivity index (χ0) is 26.5. The lowest BCUT2D eigenvalue weighted by molar-refractivity contribution is -0.142. The molecule has 12 heteroatoms. The summed E-state index contributed by atoms with van der Waals surface area (Å²) in [6.45, 7) is 7.72. The van der Waals surface area contributed by atoms with Crippen LogP contribution in [0.1, 0.15) is 59.1 Å². The summed E-state index contributed by atoms with van der Waals surface area (Å²) in [4.78, 5) is 57.0. The number of carbonyl (C=O) groups is 4. The van der Waals surface area contributed by atoms with E-state index in [2.05, 4.69) is 25.9 Å². The van der Waals surface area contributed by atoms with Crippen LogP contribution in [0.25, 0.3) is 0 Å². The third-order valence-corrected chi connectivity index (χ3v) is 5.48. The Hall–Kier alpha value is -2.99. The largest absolute Gasteiger partial charge is 0.480 e. The van der Waals surface area contributed by atoms with Crippen LogP contribution in [0.15, 0.2) is 12.5 Å². The molecule has 4 unspecified atom stereocenters. The maximum Gasteiger partial charge on any atom is 0.326 e. The Kier molecular flexibility index (Phi) is 13.0. The van der Waals surface area contributed by atoms with Crippen LogP contribution in [-0.2, 0) is 25.6 Å². The minimum atomic E-state index is -1.15. The summed E-state index contributed by atoms with van der Waals surface area (Å²) in [5.74, 6) is -3.04. The summed E-state index contributed by atoms with van der Waals surface area (Å²) in [5, 5.41) is 17.3. The van der Waals surface area contributed by atoms with E-state index in [0.29, 0.717) is 31.5 Å². The Labute approximate surface area is 206 Å². The van der Waals surface area contributed by atoms with Gasteiger partial charge in [-0.1, -0.05) is 27.7 Å². The van der Waals surface area contributed by atoms with E-state index in [1.807, 2.05) is 13.8 Å². The first kappa shape index (κ1) is 30.0. The lowest BCUT2D eigenvalue weighted by Gasteiger charge is -2.27. The van der Waals surface area contributed by atoms with Crippen LogP contribution in [0, 0.1) is 11.8 Å². The molecule has 1 aromatic rings. The molecule has 35 heavy (non-hydrogen) atoms. The zero-order valence-electron chi connectivity index (χ0n) is 21.0. The first-order valence-corrected chi connectivity index (χ1v) is 12.0. The average molecular weight is 496 g/mol. The van der Waals surface area contributed by atoms with Gasteiger partial charge in [0, 0.05) is 18.3 Å². The highest BCUT2D eigenvalue weighted by Crippen LogP contribution is 2.10. The normalized spacial score (nSPS) is 14.7. The number of carboxylic acid groups (broad SMARTS) is 1. The molecule has 4 atom stereocenters. The second-order valence-corrected chi connectivity index (χ2v) is 9.49. The first-order chi connectivity index (χ1) is 16.5. The summed E-state index contributed by atoms with van der Waals surface area (Å²) < 4.78 is 0. The number of imidazole rings is 1. The third-order valence-electron chi connectivity index (χ3n) is 5.48. The predicted octanol–water partition coefficient (Wildman–Crippen LogP) is -0.350. The van der Waals surface area contributed by atoms with E-state index in [1.54, 1.807) is 20.0 Å². The molecule has 1 rings (SSSR count). The van der Waals surface area contributed by atoms with E-state index in [0.717, 1.165) is 0 Å². The maximum atomic E-state index is 13.1. The molecule has 12 nitrogen and oxygen atoms in total. The Morgan fingerprint density at radius 3 is 2.17 bits per heavy atom. The fourth-order valence-electron chi connectivity index (χ4n) is 3.51. The fraction of sp³-hybridized carbons (Fsp3) is 0.696. The molecule has 9 N–H and O–H groups in total. The number of unbranched alkanes of at least 4 members (excludes halogenated alkanes) is 1. The smallest absolute Gasteiger partial charge is 0.326 e. The van der Waals surface area contributed by atoms with E-state index < -0.39 is 47.9 Å². The number of aromatic nitrogens is 2. The molecular weight excluding hydrogens is 454 g/mol. The highest BCUT2D eigenvalue weighted by Gasteiger charge is 2.32. The SMILES string of the molecule is CC(C)CC(NC(=O)C(N)Cc1cnc[nH]1)C(=O)NC(C(=O)NC(CCCCN)C(=O)O)C(C)C. The van der Waals surface area contributed by atoms with Gasteiger partial charge in [-0.05, 0) is 44.1 Å². The molecule has 0 saturated carbocycles. The van der Waals surface area contributed by atoms with Crippen molar-refractivity contribution in [3.8, 4) is 0 Å². The number of amides is 3. The number of carboxylic acids is 1. The molecule has 0 aromatic carbocycles. The van der Waals surface area contributed by atoms with Gasteiger partial charge in [0.05, 0.1) is 12.4 Å². The molecule has 198 valence electrons. The van der Waals surface area contributed by atoms with E-state index in [1.165, 1.54) is 6.33 Å². The van der Waals surface area contributed by atoms with Gasteiger partial charge in [-0.2, -0.15) is 0 Å². The van der Waals surface area contributed by atoms with E-state index >= 15 is 0 Å². The predicted molar refractivity (Wildman–Crippen MR) is 131 cm³/mol. The van der Waals surface area contributed by atoms with Gasteiger partial charge < -0.3 is 37.5 Å². The van der Waals surface area contributed by atoms with Crippen molar-refractivity contribution < 1.29 is 24.3 Å². The topological polar surface area (TPSA) is 205 Å². The van der Waals surface area contributed by atoms with E-state index in [-0.39, 0.29) is 24.7 Å². The van der Waals surface area contributed by atoms with Gasteiger partial charge in [0.15, 0.2) is 0 Å². The number of aromatic amines is 1. The molecule has 0 aliphatic carbocycles. The number of nitrogens with zero attached hydrogens (tertiary/aromatic N) is 1. The molecule has 0 saturated heterocycles. The first-order valence-electron chi connectivity index (χ1n) is 12.0. The van der Waals surface area contributed by atoms with Gasteiger partial charge in [0.2, 0.25) is 17.7 Å².